The molecule has 1 aromatic carbocycles. The molecule has 5 nitrogen and oxygen atoms in total. The molecule has 1 fully saturated rings. The zero-order chi connectivity index (χ0) is 13.8. The number of anilines is 1. The maximum absolute atomic E-state index is 13.5. The second-order valence-corrected chi connectivity index (χ2v) is 4.78. The van der Waals surface area contributed by atoms with Gasteiger partial charge >= 0.3 is 5.69 Å². The summed E-state index contributed by atoms with van der Waals surface area (Å²) in [6, 6.07) is 4.19. The van der Waals surface area contributed by atoms with Gasteiger partial charge in [-0.15, -0.1) is 0 Å². The Morgan fingerprint density at radius 1 is 1.37 bits per heavy atom. The van der Waals surface area contributed by atoms with Gasteiger partial charge in [0, 0.05) is 31.0 Å². The standard InChI is InChI=1S/C13H17FN2O3/c1-19-11-5-2-9(3-6-11)15-10-4-7-13(16(17)18)12(14)8-10/h4,7-9,11,15H,2-3,5-6H2,1H3. The third-order valence-electron chi connectivity index (χ3n) is 3.52. The first kappa shape index (κ1) is 13.7. The highest BCUT2D eigenvalue weighted by Gasteiger charge is 2.21. The van der Waals surface area contributed by atoms with Crippen molar-refractivity contribution in [3.63, 3.8) is 0 Å². The van der Waals surface area contributed by atoms with E-state index in [-0.39, 0.29) is 6.04 Å². The number of nitro benzene ring substituents is 1. The number of methoxy groups -OCH3 is 1. The summed E-state index contributed by atoms with van der Waals surface area (Å²) in [5.74, 6) is -0.805. The van der Waals surface area contributed by atoms with Crippen LogP contribution in [0.15, 0.2) is 18.2 Å². The molecule has 0 saturated heterocycles. The van der Waals surface area contributed by atoms with Gasteiger partial charge in [0.25, 0.3) is 0 Å². The average Bonchev–Trinajstić information content (AvgIpc) is 2.39. The third kappa shape index (κ3) is 3.41. The van der Waals surface area contributed by atoms with Gasteiger partial charge in [-0.25, -0.2) is 0 Å². The normalized spacial score (nSPS) is 23.1. The molecule has 0 aliphatic heterocycles. The molecule has 1 aromatic rings. The minimum Gasteiger partial charge on any atom is -0.382 e. The molecular weight excluding hydrogens is 251 g/mol. The molecule has 0 atom stereocenters. The van der Waals surface area contributed by atoms with E-state index in [1.165, 1.54) is 12.1 Å². The van der Waals surface area contributed by atoms with E-state index in [1.807, 2.05) is 0 Å². The number of ether oxygens (including phenoxy) is 1. The van der Waals surface area contributed by atoms with E-state index < -0.39 is 16.4 Å². The fraction of sp³-hybridized carbons (Fsp3) is 0.538. The lowest BCUT2D eigenvalue weighted by Gasteiger charge is -2.28. The topological polar surface area (TPSA) is 64.4 Å². The van der Waals surface area contributed by atoms with Crippen molar-refractivity contribution in [1.29, 1.82) is 0 Å². The predicted octanol–water partition coefficient (Wildman–Crippen LogP) is 3.10. The van der Waals surface area contributed by atoms with Crippen LogP contribution >= 0.6 is 0 Å². The van der Waals surface area contributed by atoms with Crippen molar-refractivity contribution in [2.24, 2.45) is 0 Å². The first-order chi connectivity index (χ1) is 9.10. The van der Waals surface area contributed by atoms with E-state index in [0.717, 1.165) is 25.7 Å². The molecule has 6 heteroatoms. The summed E-state index contributed by atoms with van der Waals surface area (Å²) >= 11 is 0. The van der Waals surface area contributed by atoms with Crippen molar-refractivity contribution in [1.82, 2.24) is 0 Å². The number of nitro groups is 1. The van der Waals surface area contributed by atoms with Crippen LogP contribution in [0, 0.1) is 15.9 Å². The second-order valence-electron chi connectivity index (χ2n) is 4.78. The fourth-order valence-corrected chi connectivity index (χ4v) is 2.42. The smallest absolute Gasteiger partial charge is 0.304 e. The monoisotopic (exact) mass is 268 g/mol. The summed E-state index contributed by atoms with van der Waals surface area (Å²) < 4.78 is 18.8. The molecule has 1 saturated carbocycles. The van der Waals surface area contributed by atoms with Crippen LogP contribution in [-0.4, -0.2) is 24.2 Å². The first-order valence-electron chi connectivity index (χ1n) is 6.33. The highest BCUT2D eigenvalue weighted by Crippen LogP contribution is 2.26. The number of hydrogen-bond donors (Lipinski definition) is 1. The molecule has 1 aliphatic carbocycles. The summed E-state index contributed by atoms with van der Waals surface area (Å²) in [7, 11) is 1.71. The van der Waals surface area contributed by atoms with Gasteiger partial charge in [-0.05, 0) is 31.7 Å². The molecule has 0 bridgehead atoms. The van der Waals surface area contributed by atoms with Gasteiger partial charge in [0.05, 0.1) is 11.0 Å². The van der Waals surface area contributed by atoms with Crippen LogP contribution in [0.1, 0.15) is 25.7 Å². The van der Waals surface area contributed by atoms with Crippen molar-refractivity contribution in [2.75, 3.05) is 12.4 Å². The molecule has 0 radical (unpaired) electrons. The molecule has 2 rings (SSSR count). The number of halogens is 1. The van der Waals surface area contributed by atoms with Gasteiger partial charge in [0.1, 0.15) is 0 Å². The summed E-state index contributed by atoms with van der Waals surface area (Å²) in [6.45, 7) is 0. The summed E-state index contributed by atoms with van der Waals surface area (Å²) in [6.07, 6.45) is 4.17. The molecule has 19 heavy (non-hydrogen) atoms. The van der Waals surface area contributed by atoms with E-state index in [0.29, 0.717) is 11.8 Å². The second kappa shape index (κ2) is 5.97. The van der Waals surface area contributed by atoms with Crippen LogP contribution in [0.25, 0.3) is 0 Å². The minimum absolute atomic E-state index is 0.271. The van der Waals surface area contributed by atoms with Gasteiger partial charge < -0.3 is 10.1 Å². The van der Waals surface area contributed by atoms with Gasteiger partial charge in [-0.1, -0.05) is 0 Å². The average molecular weight is 268 g/mol. The quantitative estimate of drug-likeness (QED) is 0.673. The Bertz CT molecular complexity index is 459. The van der Waals surface area contributed by atoms with Crippen LogP contribution in [-0.2, 0) is 4.74 Å². The molecule has 1 N–H and O–H groups in total. The molecule has 104 valence electrons. The van der Waals surface area contributed by atoms with Crippen LogP contribution in [0.4, 0.5) is 15.8 Å². The number of nitrogens with one attached hydrogen (secondary N) is 1. The maximum atomic E-state index is 13.5. The minimum atomic E-state index is -0.805. The third-order valence-corrected chi connectivity index (χ3v) is 3.52. The zero-order valence-electron chi connectivity index (χ0n) is 10.8. The Kier molecular flexibility index (Phi) is 4.31. The number of rotatable bonds is 4. The van der Waals surface area contributed by atoms with Crippen molar-refractivity contribution >= 4 is 11.4 Å². The molecule has 0 unspecified atom stereocenters. The van der Waals surface area contributed by atoms with E-state index in [2.05, 4.69) is 5.32 Å². The van der Waals surface area contributed by atoms with Gasteiger partial charge in [-0.2, -0.15) is 4.39 Å². The highest BCUT2D eigenvalue weighted by atomic mass is 19.1. The van der Waals surface area contributed by atoms with Gasteiger partial charge in [-0.3, -0.25) is 10.1 Å². The Labute approximate surface area is 110 Å². The molecular formula is C13H17FN2O3. The van der Waals surface area contributed by atoms with Crippen molar-refractivity contribution < 1.29 is 14.1 Å². The number of benzene rings is 1. The van der Waals surface area contributed by atoms with Crippen LogP contribution in [0.5, 0.6) is 0 Å². The van der Waals surface area contributed by atoms with Crippen LogP contribution in [0.2, 0.25) is 0 Å². The van der Waals surface area contributed by atoms with Gasteiger partial charge in [0.2, 0.25) is 5.82 Å². The summed E-state index contributed by atoms with van der Waals surface area (Å²) in [4.78, 5) is 9.80. The van der Waals surface area contributed by atoms with Crippen molar-refractivity contribution in [3.05, 3.63) is 34.1 Å². The molecule has 1 aliphatic rings. The van der Waals surface area contributed by atoms with E-state index in [1.54, 1.807) is 13.2 Å². The Morgan fingerprint density at radius 3 is 2.58 bits per heavy atom. The lowest BCUT2D eigenvalue weighted by atomic mass is 9.93. The van der Waals surface area contributed by atoms with E-state index >= 15 is 0 Å². The molecule has 0 spiro atoms. The lowest BCUT2D eigenvalue weighted by Crippen LogP contribution is -2.29. The predicted molar refractivity (Wildman–Crippen MR) is 69.7 cm³/mol. The van der Waals surface area contributed by atoms with Gasteiger partial charge in [0.15, 0.2) is 0 Å². The Morgan fingerprint density at radius 2 is 2.05 bits per heavy atom. The maximum Gasteiger partial charge on any atom is 0.304 e. The zero-order valence-corrected chi connectivity index (χ0v) is 10.8. The van der Waals surface area contributed by atoms with Crippen LogP contribution in [0.3, 0.4) is 0 Å². The Balaban J connectivity index is 1.97. The SMILES string of the molecule is COC1CCC(Nc2ccc([N+](=O)[O-])c(F)c2)CC1. The summed E-state index contributed by atoms with van der Waals surface area (Å²) in [5, 5.41) is 13.7. The molecule has 0 aromatic heterocycles. The van der Waals surface area contributed by atoms with Crippen molar-refractivity contribution in [2.45, 2.75) is 37.8 Å². The molecule has 0 amide bonds. The summed E-state index contributed by atoms with van der Waals surface area (Å²) in [5.41, 5.74) is 0.0950. The first-order valence-corrected chi connectivity index (χ1v) is 6.33. The number of hydrogen-bond acceptors (Lipinski definition) is 4. The van der Waals surface area contributed by atoms with E-state index in [9.17, 15) is 14.5 Å². The Hall–Kier alpha value is -1.69. The highest BCUT2D eigenvalue weighted by molar-refractivity contribution is 5.50. The largest absolute Gasteiger partial charge is 0.382 e. The van der Waals surface area contributed by atoms with Crippen LogP contribution < -0.4 is 5.32 Å². The van der Waals surface area contributed by atoms with Crippen molar-refractivity contribution in [3.8, 4) is 0 Å². The van der Waals surface area contributed by atoms with E-state index in [4.69, 9.17) is 4.74 Å². The number of nitrogens with zero attached hydrogens (tertiary/aromatic N) is 1. The lowest BCUT2D eigenvalue weighted by molar-refractivity contribution is -0.387. The molecule has 0 heterocycles. The fourth-order valence-electron chi connectivity index (χ4n) is 2.42.